The van der Waals surface area contributed by atoms with Crippen LogP contribution in [0.1, 0.15) is 58.3 Å². The molecule has 2 saturated heterocycles. The molecule has 0 bridgehead atoms. The minimum atomic E-state index is -0.366. The van der Waals surface area contributed by atoms with Crippen molar-refractivity contribution >= 4 is 66.0 Å². The molecule has 7 aromatic carbocycles. The number of phenolic OH excluding ortho intramolecular Hbond substituents is 1. The van der Waals surface area contributed by atoms with E-state index in [1.54, 1.807) is 39.8 Å². The van der Waals surface area contributed by atoms with Crippen molar-refractivity contribution in [3.63, 3.8) is 0 Å². The normalized spacial score (nSPS) is 13.5. The molecule has 2 aliphatic rings. The van der Waals surface area contributed by atoms with Gasteiger partial charge in [0.15, 0.2) is 11.6 Å². The van der Waals surface area contributed by atoms with Crippen LogP contribution in [0.15, 0.2) is 140 Å². The summed E-state index contributed by atoms with van der Waals surface area (Å²) >= 11 is 2.74. The second-order valence-electron chi connectivity index (χ2n) is 19.5. The average molecular weight is 1070 g/mol. The number of nitrogens with zero attached hydrogens (tertiary/aromatic N) is 2. The summed E-state index contributed by atoms with van der Waals surface area (Å²) in [5.41, 5.74) is 7.85. The Kier molecular flexibility index (Phi) is 15.5. The summed E-state index contributed by atoms with van der Waals surface area (Å²) in [5.74, 6) is 1.78. The molecular formula is C63H54F2N2O8S2. The van der Waals surface area contributed by atoms with Crippen LogP contribution in [0.25, 0.3) is 42.4 Å². The molecule has 9 aromatic rings. The van der Waals surface area contributed by atoms with Crippen LogP contribution in [-0.2, 0) is 16.2 Å². The van der Waals surface area contributed by atoms with Gasteiger partial charge in [-0.05, 0) is 152 Å². The number of carbonyl (C=O) groups excluding carboxylic acids is 4. The van der Waals surface area contributed by atoms with Gasteiger partial charge in [0.1, 0.15) is 54.5 Å². The number of rotatable bonds is 17. The molecule has 0 unspecified atom stereocenters. The van der Waals surface area contributed by atoms with Crippen molar-refractivity contribution in [1.29, 1.82) is 0 Å². The van der Waals surface area contributed by atoms with Crippen LogP contribution in [0.3, 0.4) is 0 Å². The van der Waals surface area contributed by atoms with Crippen LogP contribution < -0.4 is 14.2 Å². The first-order valence-corrected chi connectivity index (χ1v) is 26.8. The minimum absolute atomic E-state index is 0.127. The number of phenols is 1. The summed E-state index contributed by atoms with van der Waals surface area (Å²) in [6.07, 6.45) is 0. The predicted molar refractivity (Wildman–Crippen MR) is 299 cm³/mol. The number of ketones is 4. The lowest BCUT2D eigenvalue weighted by atomic mass is 9.94. The number of ether oxygens (including phenoxy) is 3. The van der Waals surface area contributed by atoms with Crippen LogP contribution in [0.4, 0.5) is 8.78 Å². The predicted octanol–water partition coefficient (Wildman–Crippen LogP) is 12.9. The molecule has 10 nitrogen and oxygen atoms in total. The number of halogens is 2. The molecule has 0 spiro atoms. The number of Topliss-reactive ketones (excluding diaryl/α,β-unsaturated/α-hetero) is 2. The lowest BCUT2D eigenvalue weighted by Crippen LogP contribution is -2.48. The first kappa shape index (κ1) is 52.6. The molecular weight excluding hydrogens is 1010 g/mol. The third-order valence-corrected chi connectivity index (χ3v) is 16.0. The topological polar surface area (TPSA) is 123 Å². The fraction of sp³-hybridized carbons (Fsp3) is 0.206. The molecule has 0 atom stereocenters. The highest BCUT2D eigenvalue weighted by atomic mass is 32.1. The molecule has 0 aliphatic carbocycles. The summed E-state index contributed by atoms with van der Waals surface area (Å²) < 4.78 is 47.5. The quantitative estimate of drug-likeness (QED) is 0.0882. The molecule has 0 radical (unpaired) electrons. The zero-order valence-corrected chi connectivity index (χ0v) is 44.5. The Labute approximate surface area is 452 Å². The van der Waals surface area contributed by atoms with Crippen molar-refractivity contribution < 1.29 is 47.3 Å². The number of hydrogen-bond donors (Lipinski definition) is 1. The third kappa shape index (κ3) is 11.8. The number of hydrogen-bond acceptors (Lipinski definition) is 12. The Bertz CT molecular complexity index is 3660. The molecule has 2 aromatic heterocycles. The Hall–Kier alpha value is -7.88. The van der Waals surface area contributed by atoms with Gasteiger partial charge >= 0.3 is 0 Å². The van der Waals surface area contributed by atoms with E-state index in [9.17, 15) is 33.1 Å². The number of likely N-dealkylation sites (tertiary alicyclic amines) is 2. The maximum absolute atomic E-state index is 14.1. The minimum Gasteiger partial charge on any atom is -0.508 e. The molecule has 1 N–H and O–H groups in total. The summed E-state index contributed by atoms with van der Waals surface area (Å²) in [6, 6.07) is 41.8. The largest absolute Gasteiger partial charge is 0.508 e. The van der Waals surface area contributed by atoms with Crippen molar-refractivity contribution in [1.82, 2.24) is 9.80 Å². The van der Waals surface area contributed by atoms with E-state index in [1.807, 2.05) is 113 Å². The SMILES string of the molecule is Cc1cc(F)cc(C)c1C(=O)c1sc2cc(O)ccc2c1-c1ccc(OCCN2CC(=O)C2)cc1.Cc1cc(F)cc(C)c1C(=O)c1sc2cc(OCc3ccccc3)ccc2c1-c1ccc(OCCN2CC(=O)C2)cc1. The summed E-state index contributed by atoms with van der Waals surface area (Å²) in [7, 11) is 0. The Morgan fingerprint density at radius 3 is 1.38 bits per heavy atom. The molecule has 2 aliphatic heterocycles. The van der Waals surface area contributed by atoms with E-state index in [1.165, 1.54) is 46.9 Å². The van der Waals surface area contributed by atoms with Gasteiger partial charge in [0.25, 0.3) is 0 Å². The fourth-order valence-electron chi connectivity index (χ4n) is 9.89. The Morgan fingerprint density at radius 1 is 0.519 bits per heavy atom. The van der Waals surface area contributed by atoms with Crippen LogP contribution in [0.2, 0.25) is 0 Å². The maximum Gasteiger partial charge on any atom is 0.204 e. The molecule has 390 valence electrons. The van der Waals surface area contributed by atoms with Gasteiger partial charge in [-0.2, -0.15) is 0 Å². The fourth-order valence-corrected chi connectivity index (χ4v) is 12.3. The molecule has 14 heteroatoms. The maximum atomic E-state index is 14.1. The number of benzene rings is 7. The van der Waals surface area contributed by atoms with Crippen molar-refractivity contribution in [3.05, 3.63) is 200 Å². The van der Waals surface area contributed by atoms with Gasteiger partial charge in [0.05, 0.1) is 35.9 Å². The van der Waals surface area contributed by atoms with E-state index in [4.69, 9.17) is 14.2 Å². The smallest absolute Gasteiger partial charge is 0.204 e. The zero-order chi connectivity index (χ0) is 53.9. The number of fused-ring (bicyclic) bond motifs is 2. The van der Waals surface area contributed by atoms with E-state index < -0.39 is 0 Å². The second-order valence-corrected chi connectivity index (χ2v) is 21.6. The van der Waals surface area contributed by atoms with Crippen LogP contribution in [-0.4, -0.2) is 90.5 Å². The van der Waals surface area contributed by atoms with E-state index >= 15 is 0 Å². The molecule has 77 heavy (non-hydrogen) atoms. The standard InChI is InChI=1S/C35H30FNO4S.C28H24FNO4S/c1-22-16-26(36)17-23(2)32(22)34(39)35-33(25-8-10-28(11-9-25)40-15-14-37-19-27(38)20-37)30-13-12-29(18-31(30)42-35)41-21-24-6-4-3-5-7-24;1-16-11-19(29)12-17(2)25(16)27(33)28-26(23-8-5-20(31)13-24(23)35-28)18-3-6-22(7-4-18)34-10-9-30-14-21(32)15-30/h3-13,16-18H,14-15,19-21H2,1-2H3;3-8,11-13,31H,9-10,14-15H2,1-2H3. The Balaban J connectivity index is 0.000000178. The lowest BCUT2D eigenvalue weighted by Gasteiger charge is -2.28. The van der Waals surface area contributed by atoms with Gasteiger partial charge in [-0.1, -0.05) is 54.6 Å². The Morgan fingerprint density at radius 2 is 0.935 bits per heavy atom. The third-order valence-electron chi connectivity index (χ3n) is 13.7. The second kappa shape index (κ2) is 22.8. The van der Waals surface area contributed by atoms with Crippen molar-refractivity contribution in [2.24, 2.45) is 0 Å². The highest BCUT2D eigenvalue weighted by Gasteiger charge is 2.28. The van der Waals surface area contributed by atoms with E-state index in [2.05, 4.69) is 0 Å². The summed E-state index contributed by atoms with van der Waals surface area (Å²) in [4.78, 5) is 55.3. The lowest BCUT2D eigenvalue weighted by molar-refractivity contribution is -0.130. The van der Waals surface area contributed by atoms with Gasteiger partial charge in [0, 0.05) is 55.5 Å². The highest BCUT2D eigenvalue weighted by Crippen LogP contribution is 2.44. The molecule has 0 saturated carbocycles. The monoisotopic (exact) mass is 1070 g/mol. The zero-order valence-electron chi connectivity index (χ0n) is 42.9. The highest BCUT2D eigenvalue weighted by molar-refractivity contribution is 7.22. The number of carbonyl (C=O) groups is 4. The van der Waals surface area contributed by atoms with Crippen molar-refractivity contribution in [2.45, 2.75) is 34.3 Å². The summed E-state index contributed by atoms with van der Waals surface area (Å²) in [5, 5.41) is 11.8. The van der Waals surface area contributed by atoms with Crippen LogP contribution in [0.5, 0.6) is 23.0 Å². The molecule has 0 amide bonds. The summed E-state index contributed by atoms with van der Waals surface area (Å²) in [6.45, 7) is 11.8. The van der Waals surface area contributed by atoms with E-state index in [0.29, 0.717) is 108 Å². The van der Waals surface area contributed by atoms with Crippen LogP contribution >= 0.6 is 22.7 Å². The van der Waals surface area contributed by atoms with E-state index in [0.717, 1.165) is 59.5 Å². The van der Waals surface area contributed by atoms with Gasteiger partial charge in [0.2, 0.25) is 11.6 Å². The first-order chi connectivity index (χ1) is 37.1. The van der Waals surface area contributed by atoms with Crippen molar-refractivity contribution in [2.75, 3.05) is 52.5 Å². The van der Waals surface area contributed by atoms with E-state index in [-0.39, 0.29) is 40.5 Å². The van der Waals surface area contributed by atoms with Gasteiger partial charge < -0.3 is 19.3 Å². The number of aryl methyl sites for hydroxylation is 4. The molecule has 2 fully saturated rings. The molecule has 4 heterocycles. The number of aromatic hydroxyl groups is 1. The average Bonchev–Trinajstić information content (AvgIpc) is 3.96. The van der Waals surface area contributed by atoms with Crippen LogP contribution in [0, 0.1) is 39.3 Å². The van der Waals surface area contributed by atoms with Gasteiger partial charge in [-0.25, -0.2) is 8.78 Å². The first-order valence-electron chi connectivity index (χ1n) is 25.2. The van der Waals surface area contributed by atoms with Gasteiger partial charge in [-0.15, -0.1) is 22.7 Å². The molecule has 11 rings (SSSR count). The van der Waals surface area contributed by atoms with Crippen molar-refractivity contribution in [3.8, 4) is 45.3 Å². The number of thiophene rings is 2. The van der Waals surface area contributed by atoms with Gasteiger partial charge in [-0.3, -0.25) is 29.0 Å².